The molecule has 0 aliphatic carbocycles. The van der Waals surface area contributed by atoms with E-state index in [1.807, 2.05) is 0 Å². The van der Waals surface area contributed by atoms with Gasteiger partial charge < -0.3 is 19.9 Å². The van der Waals surface area contributed by atoms with Crippen LogP contribution < -0.4 is 5.73 Å². The Bertz CT molecular complexity index is 1120. The summed E-state index contributed by atoms with van der Waals surface area (Å²) in [6.45, 7) is 0. The molecule has 0 aliphatic rings. The molecule has 7 nitrogen and oxygen atoms in total. The lowest BCUT2D eigenvalue weighted by Gasteiger charge is -2.04. The van der Waals surface area contributed by atoms with Crippen molar-refractivity contribution in [1.29, 1.82) is 0 Å². The monoisotopic (exact) mass is 352 g/mol. The summed E-state index contributed by atoms with van der Waals surface area (Å²) in [6.07, 6.45) is 4.15. The molecule has 1 aromatic carbocycles. The Morgan fingerprint density at radius 1 is 1.31 bits per heavy atom. The third-order valence-corrected chi connectivity index (χ3v) is 4.05. The zero-order chi connectivity index (χ0) is 18.3. The lowest BCUT2D eigenvalue weighted by molar-refractivity contribution is 0.0602. The number of halogens is 1. The van der Waals surface area contributed by atoms with Crippen molar-refractivity contribution >= 4 is 22.7 Å². The van der Waals surface area contributed by atoms with E-state index in [2.05, 4.69) is 15.0 Å². The average molecular weight is 352 g/mol. The quantitative estimate of drug-likeness (QED) is 0.547. The van der Waals surface area contributed by atoms with Gasteiger partial charge in [-0.1, -0.05) is 6.07 Å². The summed E-state index contributed by atoms with van der Waals surface area (Å²) in [5, 5.41) is 0.500. The zero-order valence-corrected chi connectivity index (χ0v) is 13.6. The van der Waals surface area contributed by atoms with Crippen molar-refractivity contribution in [2.24, 2.45) is 0 Å². The van der Waals surface area contributed by atoms with Crippen LogP contribution >= 0.6 is 0 Å². The maximum Gasteiger partial charge on any atom is 0.340 e. The Hall–Kier alpha value is -3.68. The van der Waals surface area contributed by atoms with Gasteiger partial charge in [0, 0.05) is 22.8 Å². The molecule has 8 heteroatoms. The normalized spacial score (nSPS) is 11.0. The highest BCUT2D eigenvalue weighted by atomic mass is 19.1. The predicted molar refractivity (Wildman–Crippen MR) is 92.7 cm³/mol. The molecule has 0 aliphatic heterocycles. The number of ether oxygens (including phenoxy) is 1. The second-order valence-corrected chi connectivity index (χ2v) is 5.52. The molecule has 130 valence electrons. The van der Waals surface area contributed by atoms with E-state index in [-0.39, 0.29) is 28.4 Å². The molecule has 0 amide bonds. The Kier molecular flexibility index (Phi) is 3.65. The number of nitrogens with two attached hydrogens (primary N) is 1. The van der Waals surface area contributed by atoms with E-state index in [0.29, 0.717) is 16.6 Å². The van der Waals surface area contributed by atoms with E-state index in [1.165, 1.54) is 25.8 Å². The molecule has 0 fully saturated rings. The number of nitrogen functional groups attached to an aromatic ring is 1. The molecule has 4 aromatic rings. The van der Waals surface area contributed by atoms with Gasteiger partial charge in [-0.15, -0.1) is 0 Å². The van der Waals surface area contributed by atoms with Gasteiger partial charge in [0.1, 0.15) is 17.9 Å². The maximum absolute atomic E-state index is 15.0. The highest BCUT2D eigenvalue weighted by Gasteiger charge is 2.19. The van der Waals surface area contributed by atoms with Crippen molar-refractivity contribution in [3.05, 3.63) is 54.3 Å². The molecule has 4 rings (SSSR count). The molecular formula is C18H13FN4O3. The van der Waals surface area contributed by atoms with E-state index >= 15 is 4.39 Å². The minimum Gasteiger partial charge on any atom is -0.465 e. The summed E-state index contributed by atoms with van der Waals surface area (Å²) >= 11 is 0. The number of aromatic amines is 1. The largest absolute Gasteiger partial charge is 0.465 e. The van der Waals surface area contributed by atoms with E-state index in [0.717, 1.165) is 0 Å². The number of esters is 1. The summed E-state index contributed by atoms with van der Waals surface area (Å²) in [5.74, 6) is -0.685. The van der Waals surface area contributed by atoms with Crippen LogP contribution in [0, 0.1) is 5.82 Å². The van der Waals surface area contributed by atoms with Crippen molar-refractivity contribution in [3.63, 3.8) is 0 Å². The number of aromatic nitrogens is 3. The number of carbonyl (C=O) groups is 1. The second kappa shape index (κ2) is 5.99. The number of carbonyl (C=O) groups excluding carboxylic acids is 1. The number of benzene rings is 1. The predicted octanol–water partition coefficient (Wildman–Crippen LogP) is 3.39. The smallest absolute Gasteiger partial charge is 0.340 e. The molecule has 3 aromatic heterocycles. The van der Waals surface area contributed by atoms with Crippen LogP contribution in [0.1, 0.15) is 10.4 Å². The number of rotatable bonds is 3. The van der Waals surface area contributed by atoms with Gasteiger partial charge in [-0.2, -0.15) is 0 Å². The topological polar surface area (TPSA) is 107 Å². The average Bonchev–Trinajstić information content (AvgIpc) is 3.32. The van der Waals surface area contributed by atoms with E-state index in [1.54, 1.807) is 24.3 Å². The Labute approximate surface area is 146 Å². The van der Waals surface area contributed by atoms with Gasteiger partial charge in [-0.25, -0.2) is 19.2 Å². The number of methoxy groups -OCH3 is 1. The van der Waals surface area contributed by atoms with Crippen molar-refractivity contribution in [2.75, 3.05) is 12.8 Å². The van der Waals surface area contributed by atoms with Crippen LogP contribution in [0.25, 0.3) is 33.6 Å². The molecule has 0 atom stereocenters. The Balaban J connectivity index is 1.92. The third-order valence-electron chi connectivity index (χ3n) is 4.05. The Morgan fingerprint density at radius 3 is 2.85 bits per heavy atom. The standard InChI is InChI=1S/C18H13FN4O3/c1-25-18(24)12-8-22-16(20)15-11(12)7-13(23-15)9-3-2-4-10(14(9)19)17-21-5-6-26-17/h2-8,23H,1H3,(H2,20,22). The number of nitrogens with zero attached hydrogens (tertiary/aromatic N) is 2. The summed E-state index contributed by atoms with van der Waals surface area (Å²) in [6, 6.07) is 6.50. The number of oxazole rings is 1. The molecule has 0 spiro atoms. The number of nitrogens with one attached hydrogen (secondary N) is 1. The minimum atomic E-state index is -0.554. The van der Waals surface area contributed by atoms with Crippen LogP contribution in [-0.2, 0) is 4.74 Å². The maximum atomic E-state index is 15.0. The summed E-state index contributed by atoms with van der Waals surface area (Å²) in [7, 11) is 1.28. The van der Waals surface area contributed by atoms with Crippen LogP contribution in [0.2, 0.25) is 0 Å². The number of hydrogen-bond donors (Lipinski definition) is 2. The number of hydrogen-bond acceptors (Lipinski definition) is 6. The van der Waals surface area contributed by atoms with Crippen molar-refractivity contribution < 1.29 is 18.3 Å². The van der Waals surface area contributed by atoms with Crippen LogP contribution in [0.3, 0.4) is 0 Å². The first kappa shape index (κ1) is 15.8. The van der Waals surface area contributed by atoms with Crippen LogP contribution in [0.5, 0.6) is 0 Å². The van der Waals surface area contributed by atoms with Crippen LogP contribution in [0.15, 0.2) is 47.3 Å². The first-order valence-corrected chi connectivity index (χ1v) is 7.64. The summed E-state index contributed by atoms with van der Waals surface area (Å²) in [5.41, 5.74) is 7.52. The van der Waals surface area contributed by atoms with Gasteiger partial charge in [0.2, 0.25) is 5.89 Å². The SMILES string of the molecule is COC(=O)c1cnc(N)c2[nH]c(-c3cccc(-c4ncco4)c3F)cc12. The van der Waals surface area contributed by atoms with Gasteiger partial charge in [-0.3, -0.25) is 0 Å². The fourth-order valence-electron chi connectivity index (χ4n) is 2.82. The van der Waals surface area contributed by atoms with Crippen molar-refractivity contribution in [2.45, 2.75) is 0 Å². The van der Waals surface area contributed by atoms with Gasteiger partial charge in [0.15, 0.2) is 0 Å². The molecule has 0 saturated carbocycles. The molecule has 3 N–H and O–H groups in total. The molecule has 0 saturated heterocycles. The van der Waals surface area contributed by atoms with Crippen molar-refractivity contribution in [1.82, 2.24) is 15.0 Å². The molecule has 3 heterocycles. The fourth-order valence-corrected chi connectivity index (χ4v) is 2.82. The molecule has 0 unspecified atom stereocenters. The number of pyridine rings is 1. The number of H-pyrrole nitrogens is 1. The first-order valence-electron chi connectivity index (χ1n) is 7.64. The lowest BCUT2D eigenvalue weighted by Crippen LogP contribution is -2.03. The van der Waals surface area contributed by atoms with Crippen LogP contribution in [-0.4, -0.2) is 28.0 Å². The van der Waals surface area contributed by atoms with Gasteiger partial charge in [0.25, 0.3) is 0 Å². The highest BCUT2D eigenvalue weighted by molar-refractivity contribution is 6.07. The molecular weight excluding hydrogens is 339 g/mol. The van der Waals surface area contributed by atoms with Gasteiger partial charge in [0.05, 0.1) is 30.0 Å². The van der Waals surface area contributed by atoms with Gasteiger partial charge >= 0.3 is 5.97 Å². The van der Waals surface area contributed by atoms with Crippen LogP contribution in [0.4, 0.5) is 10.2 Å². The minimum absolute atomic E-state index is 0.178. The fraction of sp³-hybridized carbons (Fsp3) is 0.0556. The van der Waals surface area contributed by atoms with E-state index in [4.69, 9.17) is 14.9 Å². The highest BCUT2D eigenvalue weighted by Crippen LogP contribution is 2.33. The third kappa shape index (κ3) is 2.39. The van der Waals surface area contributed by atoms with Gasteiger partial charge in [-0.05, 0) is 18.2 Å². The summed E-state index contributed by atoms with van der Waals surface area (Å²) in [4.78, 5) is 22.9. The van der Waals surface area contributed by atoms with E-state index in [9.17, 15) is 4.79 Å². The summed E-state index contributed by atoms with van der Waals surface area (Å²) < 4.78 is 25.0. The zero-order valence-electron chi connectivity index (χ0n) is 13.6. The molecule has 26 heavy (non-hydrogen) atoms. The number of anilines is 1. The molecule has 0 radical (unpaired) electrons. The van der Waals surface area contributed by atoms with Crippen molar-refractivity contribution in [3.8, 4) is 22.7 Å². The number of fused-ring (bicyclic) bond motifs is 1. The molecule has 0 bridgehead atoms. The first-order chi connectivity index (χ1) is 12.6. The van der Waals surface area contributed by atoms with E-state index < -0.39 is 11.8 Å². The Morgan fingerprint density at radius 2 is 2.12 bits per heavy atom. The second-order valence-electron chi connectivity index (χ2n) is 5.52. The lowest BCUT2D eigenvalue weighted by atomic mass is 10.1.